The first-order valence-electron chi connectivity index (χ1n) is 5.89. The maximum Gasteiger partial charge on any atom is 0.144 e. The van der Waals surface area contributed by atoms with Gasteiger partial charge in [0.15, 0.2) is 0 Å². The first-order chi connectivity index (χ1) is 7.36. The maximum atomic E-state index is 4.24. The van der Waals surface area contributed by atoms with Gasteiger partial charge in [-0.1, -0.05) is 19.3 Å². The molecular weight excluding hydrogens is 186 g/mol. The van der Waals surface area contributed by atoms with Crippen LogP contribution in [0, 0.1) is 5.92 Å². The molecule has 1 aliphatic rings. The first kappa shape index (κ1) is 10.4. The molecule has 15 heavy (non-hydrogen) atoms. The number of aromatic nitrogens is 2. The second kappa shape index (κ2) is 5.10. The van der Waals surface area contributed by atoms with Crippen LogP contribution in [0.25, 0.3) is 0 Å². The van der Waals surface area contributed by atoms with Crippen LogP contribution in [0.1, 0.15) is 39.0 Å². The van der Waals surface area contributed by atoms with Gasteiger partial charge in [0.05, 0.1) is 6.20 Å². The average Bonchev–Trinajstić information content (AvgIpc) is 2.31. The van der Waals surface area contributed by atoms with Gasteiger partial charge in [-0.05, 0) is 25.7 Å². The molecule has 1 aliphatic carbocycles. The van der Waals surface area contributed by atoms with Gasteiger partial charge in [-0.25, -0.2) is 4.98 Å². The highest BCUT2D eigenvalue weighted by Crippen LogP contribution is 2.27. The summed E-state index contributed by atoms with van der Waals surface area (Å²) in [6.07, 6.45) is 12.1. The van der Waals surface area contributed by atoms with E-state index in [-0.39, 0.29) is 0 Å². The Hall–Kier alpha value is -1.12. The zero-order chi connectivity index (χ0) is 10.5. The lowest BCUT2D eigenvalue weighted by Gasteiger charge is -2.28. The van der Waals surface area contributed by atoms with Gasteiger partial charge < -0.3 is 5.32 Å². The molecule has 1 atom stereocenters. The molecule has 1 unspecified atom stereocenters. The van der Waals surface area contributed by atoms with Gasteiger partial charge in [-0.2, -0.15) is 0 Å². The molecule has 0 bridgehead atoms. The predicted molar refractivity (Wildman–Crippen MR) is 61.7 cm³/mol. The molecule has 1 fully saturated rings. The Labute approximate surface area is 91.3 Å². The Kier molecular flexibility index (Phi) is 3.54. The molecule has 0 aliphatic heterocycles. The Morgan fingerprint density at radius 2 is 2.07 bits per heavy atom. The fourth-order valence-electron chi connectivity index (χ4n) is 2.36. The number of hydrogen-bond acceptors (Lipinski definition) is 3. The summed E-state index contributed by atoms with van der Waals surface area (Å²) in [5.74, 6) is 1.70. The molecule has 1 N–H and O–H groups in total. The Morgan fingerprint density at radius 1 is 1.27 bits per heavy atom. The van der Waals surface area contributed by atoms with E-state index in [9.17, 15) is 0 Å². The summed E-state index contributed by atoms with van der Waals surface area (Å²) in [5, 5.41) is 3.44. The van der Waals surface area contributed by atoms with Crippen molar-refractivity contribution < 1.29 is 0 Å². The smallest absolute Gasteiger partial charge is 0.144 e. The summed E-state index contributed by atoms with van der Waals surface area (Å²) >= 11 is 0. The number of nitrogens with one attached hydrogen (secondary N) is 1. The highest BCUT2D eigenvalue weighted by atomic mass is 15.0. The molecule has 1 aromatic heterocycles. The molecular formula is C12H19N3. The molecule has 1 saturated carbocycles. The third-order valence-corrected chi connectivity index (χ3v) is 3.30. The molecule has 3 heteroatoms. The Morgan fingerprint density at radius 3 is 2.73 bits per heavy atom. The molecule has 1 aromatic rings. The van der Waals surface area contributed by atoms with E-state index in [1.807, 2.05) is 0 Å². The Balaban J connectivity index is 1.88. The predicted octanol–water partition coefficient (Wildman–Crippen LogP) is 2.86. The fourth-order valence-corrected chi connectivity index (χ4v) is 2.36. The quantitative estimate of drug-likeness (QED) is 0.824. The largest absolute Gasteiger partial charge is 0.366 e. The van der Waals surface area contributed by atoms with Crippen LogP contribution < -0.4 is 5.32 Å². The monoisotopic (exact) mass is 205 g/mol. The Bertz CT molecular complexity index is 280. The fraction of sp³-hybridized carbons (Fsp3) is 0.667. The minimum atomic E-state index is 0.516. The van der Waals surface area contributed by atoms with Gasteiger partial charge in [-0.3, -0.25) is 4.98 Å². The molecule has 3 nitrogen and oxygen atoms in total. The molecule has 2 rings (SSSR count). The lowest BCUT2D eigenvalue weighted by atomic mass is 9.84. The van der Waals surface area contributed by atoms with E-state index in [1.54, 1.807) is 18.6 Å². The number of nitrogens with zero attached hydrogens (tertiary/aromatic N) is 2. The van der Waals surface area contributed by atoms with Crippen LogP contribution in [0.5, 0.6) is 0 Å². The van der Waals surface area contributed by atoms with Crippen molar-refractivity contribution in [2.24, 2.45) is 5.92 Å². The van der Waals surface area contributed by atoms with E-state index in [0.717, 1.165) is 11.7 Å². The van der Waals surface area contributed by atoms with Crippen LogP contribution in [-0.4, -0.2) is 16.0 Å². The topological polar surface area (TPSA) is 37.8 Å². The summed E-state index contributed by atoms with van der Waals surface area (Å²) in [7, 11) is 0. The molecule has 0 amide bonds. The third-order valence-electron chi connectivity index (χ3n) is 3.30. The first-order valence-corrected chi connectivity index (χ1v) is 5.89. The number of anilines is 1. The van der Waals surface area contributed by atoms with E-state index >= 15 is 0 Å². The van der Waals surface area contributed by atoms with Crippen molar-refractivity contribution in [1.29, 1.82) is 0 Å². The molecule has 0 spiro atoms. The van der Waals surface area contributed by atoms with Gasteiger partial charge >= 0.3 is 0 Å². The highest BCUT2D eigenvalue weighted by molar-refractivity contribution is 5.31. The lowest BCUT2D eigenvalue weighted by molar-refractivity contribution is 0.328. The van der Waals surface area contributed by atoms with Gasteiger partial charge in [-0.15, -0.1) is 0 Å². The van der Waals surface area contributed by atoms with Gasteiger partial charge in [0.2, 0.25) is 0 Å². The average molecular weight is 205 g/mol. The standard InChI is InChI=1S/C12H19N3/c1-10(11-5-3-2-4-6-11)15-12-9-13-7-8-14-12/h7-11H,2-6H2,1H3,(H,14,15). The van der Waals surface area contributed by atoms with Gasteiger partial charge in [0.25, 0.3) is 0 Å². The van der Waals surface area contributed by atoms with Gasteiger partial charge in [0.1, 0.15) is 5.82 Å². The van der Waals surface area contributed by atoms with Crippen molar-refractivity contribution in [2.45, 2.75) is 45.1 Å². The van der Waals surface area contributed by atoms with Crippen LogP contribution in [0.3, 0.4) is 0 Å². The minimum Gasteiger partial charge on any atom is -0.366 e. The SMILES string of the molecule is CC(Nc1cnccn1)C1CCCCC1. The van der Waals surface area contributed by atoms with Crippen LogP contribution in [0.4, 0.5) is 5.82 Å². The summed E-state index contributed by atoms with van der Waals surface area (Å²) in [6.45, 7) is 2.25. The van der Waals surface area contributed by atoms with Crippen molar-refractivity contribution >= 4 is 5.82 Å². The summed E-state index contributed by atoms with van der Waals surface area (Å²) in [5.41, 5.74) is 0. The molecule has 0 saturated heterocycles. The second-order valence-corrected chi connectivity index (χ2v) is 4.42. The summed E-state index contributed by atoms with van der Waals surface area (Å²) < 4.78 is 0. The van der Waals surface area contributed by atoms with Crippen molar-refractivity contribution in [3.8, 4) is 0 Å². The molecule has 1 heterocycles. The molecule has 82 valence electrons. The number of rotatable bonds is 3. The van der Waals surface area contributed by atoms with Crippen molar-refractivity contribution in [1.82, 2.24) is 9.97 Å². The van der Waals surface area contributed by atoms with Crippen LogP contribution in [0.2, 0.25) is 0 Å². The number of hydrogen-bond donors (Lipinski definition) is 1. The van der Waals surface area contributed by atoms with E-state index in [4.69, 9.17) is 0 Å². The summed E-state index contributed by atoms with van der Waals surface area (Å²) in [6, 6.07) is 0.516. The van der Waals surface area contributed by atoms with Crippen molar-refractivity contribution in [2.75, 3.05) is 5.32 Å². The van der Waals surface area contributed by atoms with Crippen LogP contribution >= 0.6 is 0 Å². The normalized spacial score (nSPS) is 19.8. The third kappa shape index (κ3) is 2.91. The lowest BCUT2D eigenvalue weighted by Crippen LogP contribution is -2.28. The van der Waals surface area contributed by atoms with E-state index in [0.29, 0.717) is 6.04 Å². The van der Waals surface area contributed by atoms with Crippen LogP contribution in [0.15, 0.2) is 18.6 Å². The van der Waals surface area contributed by atoms with Crippen LogP contribution in [-0.2, 0) is 0 Å². The van der Waals surface area contributed by atoms with Gasteiger partial charge in [0, 0.05) is 18.4 Å². The van der Waals surface area contributed by atoms with Crippen molar-refractivity contribution in [3.05, 3.63) is 18.6 Å². The highest BCUT2D eigenvalue weighted by Gasteiger charge is 2.19. The minimum absolute atomic E-state index is 0.516. The van der Waals surface area contributed by atoms with E-state index < -0.39 is 0 Å². The second-order valence-electron chi connectivity index (χ2n) is 4.42. The van der Waals surface area contributed by atoms with E-state index in [2.05, 4.69) is 22.2 Å². The summed E-state index contributed by atoms with van der Waals surface area (Å²) in [4.78, 5) is 8.30. The zero-order valence-electron chi connectivity index (χ0n) is 9.32. The molecule has 0 radical (unpaired) electrons. The maximum absolute atomic E-state index is 4.24. The van der Waals surface area contributed by atoms with Crippen molar-refractivity contribution in [3.63, 3.8) is 0 Å². The molecule has 0 aromatic carbocycles. The van der Waals surface area contributed by atoms with E-state index in [1.165, 1.54) is 32.1 Å². The zero-order valence-corrected chi connectivity index (χ0v) is 9.32.